The molecule has 1 aliphatic carbocycles. The Hall–Kier alpha value is -2.67. The van der Waals surface area contributed by atoms with Crippen LogP contribution < -0.4 is 0 Å². The number of amides is 1. The fraction of sp³-hybridized carbons (Fsp3) is 0.348. The van der Waals surface area contributed by atoms with Crippen LogP contribution in [0.2, 0.25) is 0 Å². The molecule has 2 aliphatic rings. The SMILES string of the molecule is CC(Sc1nnc(-c2ccccc2F)n1C1CC1)C(=O)N1CCc2ccccc2C1. The first-order valence-corrected chi connectivity index (χ1v) is 11.2. The molecule has 30 heavy (non-hydrogen) atoms. The van der Waals surface area contributed by atoms with Crippen molar-refractivity contribution in [1.82, 2.24) is 19.7 Å². The lowest BCUT2D eigenvalue weighted by atomic mass is 10.00. The molecule has 5 rings (SSSR count). The van der Waals surface area contributed by atoms with Crippen LogP contribution in [0.3, 0.4) is 0 Å². The lowest BCUT2D eigenvalue weighted by Crippen LogP contribution is -2.40. The second-order valence-corrected chi connectivity index (χ2v) is 9.23. The third-order valence-electron chi connectivity index (χ3n) is 5.76. The molecule has 7 heteroatoms. The molecule has 3 aromatic rings. The third kappa shape index (κ3) is 3.62. The van der Waals surface area contributed by atoms with Crippen molar-refractivity contribution in [3.8, 4) is 11.4 Å². The summed E-state index contributed by atoms with van der Waals surface area (Å²) in [5.74, 6) is 0.344. The molecule has 0 bridgehead atoms. The first-order valence-electron chi connectivity index (χ1n) is 10.3. The monoisotopic (exact) mass is 422 g/mol. The van der Waals surface area contributed by atoms with Crippen LogP contribution in [0.15, 0.2) is 53.7 Å². The number of thioether (sulfide) groups is 1. The maximum absolute atomic E-state index is 14.4. The highest BCUT2D eigenvalue weighted by atomic mass is 32.2. The average molecular weight is 423 g/mol. The molecule has 0 spiro atoms. The molecule has 1 amide bonds. The Morgan fingerprint density at radius 2 is 1.83 bits per heavy atom. The first-order chi connectivity index (χ1) is 14.6. The number of hydrogen-bond acceptors (Lipinski definition) is 4. The van der Waals surface area contributed by atoms with Gasteiger partial charge in [0.1, 0.15) is 5.82 Å². The Balaban J connectivity index is 1.36. The number of hydrogen-bond donors (Lipinski definition) is 0. The number of carbonyl (C=O) groups excluding carboxylic acids is 1. The smallest absolute Gasteiger partial charge is 0.236 e. The molecule has 1 atom stereocenters. The van der Waals surface area contributed by atoms with Crippen LogP contribution in [0.1, 0.15) is 36.9 Å². The van der Waals surface area contributed by atoms with Crippen LogP contribution in [0, 0.1) is 5.82 Å². The Morgan fingerprint density at radius 1 is 1.10 bits per heavy atom. The van der Waals surface area contributed by atoms with Gasteiger partial charge in [-0.05, 0) is 49.4 Å². The Morgan fingerprint density at radius 3 is 2.60 bits per heavy atom. The summed E-state index contributed by atoms with van der Waals surface area (Å²) < 4.78 is 16.4. The minimum atomic E-state index is -0.306. The fourth-order valence-electron chi connectivity index (χ4n) is 3.99. The van der Waals surface area contributed by atoms with E-state index in [1.165, 1.54) is 29.0 Å². The van der Waals surface area contributed by atoms with Crippen molar-refractivity contribution >= 4 is 17.7 Å². The number of benzene rings is 2. The molecule has 2 aromatic carbocycles. The molecule has 0 N–H and O–H groups in total. The van der Waals surface area contributed by atoms with Crippen molar-refractivity contribution in [2.75, 3.05) is 6.54 Å². The van der Waals surface area contributed by atoms with Crippen molar-refractivity contribution in [2.24, 2.45) is 0 Å². The third-order valence-corrected chi connectivity index (χ3v) is 6.81. The number of fused-ring (bicyclic) bond motifs is 1. The molecule has 1 unspecified atom stereocenters. The zero-order valence-corrected chi connectivity index (χ0v) is 17.6. The van der Waals surface area contributed by atoms with Crippen LogP contribution in [0.4, 0.5) is 4.39 Å². The van der Waals surface area contributed by atoms with Crippen LogP contribution in [-0.4, -0.2) is 37.4 Å². The van der Waals surface area contributed by atoms with Crippen molar-refractivity contribution in [3.05, 3.63) is 65.5 Å². The van der Waals surface area contributed by atoms with Gasteiger partial charge in [0.2, 0.25) is 5.91 Å². The molecular weight excluding hydrogens is 399 g/mol. The number of nitrogens with zero attached hydrogens (tertiary/aromatic N) is 4. The van der Waals surface area contributed by atoms with Gasteiger partial charge in [0.15, 0.2) is 11.0 Å². The molecule has 0 radical (unpaired) electrons. The predicted octanol–water partition coefficient (Wildman–Crippen LogP) is 4.48. The summed E-state index contributed by atoms with van der Waals surface area (Å²) in [5.41, 5.74) is 3.00. The zero-order chi connectivity index (χ0) is 20.7. The van der Waals surface area contributed by atoms with E-state index < -0.39 is 0 Å². The largest absolute Gasteiger partial charge is 0.337 e. The van der Waals surface area contributed by atoms with Gasteiger partial charge in [-0.15, -0.1) is 10.2 Å². The summed E-state index contributed by atoms with van der Waals surface area (Å²) in [5, 5.41) is 9.03. The van der Waals surface area contributed by atoms with Gasteiger partial charge in [0.05, 0.1) is 10.8 Å². The van der Waals surface area contributed by atoms with Gasteiger partial charge in [0.25, 0.3) is 0 Å². The van der Waals surface area contributed by atoms with E-state index in [4.69, 9.17) is 0 Å². The highest BCUT2D eigenvalue weighted by molar-refractivity contribution is 8.00. The first kappa shape index (κ1) is 19.3. The lowest BCUT2D eigenvalue weighted by molar-refractivity contribution is -0.131. The van der Waals surface area contributed by atoms with E-state index in [-0.39, 0.29) is 23.0 Å². The average Bonchev–Trinajstić information content (AvgIpc) is 3.53. The molecular formula is C23H23FN4OS. The molecule has 2 heterocycles. The standard InChI is InChI=1S/C23H23FN4OS/c1-15(22(29)27-13-12-16-6-2-3-7-17(16)14-27)30-23-26-25-21(28(23)18-10-11-18)19-8-4-5-9-20(19)24/h2-9,15,18H,10-14H2,1H3. The van der Waals surface area contributed by atoms with E-state index in [0.29, 0.717) is 23.1 Å². The second kappa shape index (κ2) is 7.87. The fourth-order valence-corrected chi connectivity index (χ4v) is 5.00. The van der Waals surface area contributed by atoms with Crippen LogP contribution in [-0.2, 0) is 17.8 Å². The Kier molecular flexibility index (Phi) is 5.06. The highest BCUT2D eigenvalue weighted by Gasteiger charge is 2.33. The van der Waals surface area contributed by atoms with Gasteiger partial charge < -0.3 is 4.90 Å². The predicted molar refractivity (Wildman–Crippen MR) is 115 cm³/mol. The van der Waals surface area contributed by atoms with Gasteiger partial charge in [-0.1, -0.05) is 48.2 Å². The summed E-state index contributed by atoms with van der Waals surface area (Å²) >= 11 is 1.42. The molecule has 5 nitrogen and oxygen atoms in total. The highest BCUT2D eigenvalue weighted by Crippen LogP contribution is 2.42. The van der Waals surface area contributed by atoms with E-state index in [0.717, 1.165) is 25.8 Å². The minimum absolute atomic E-state index is 0.104. The van der Waals surface area contributed by atoms with Gasteiger partial charge in [0, 0.05) is 19.1 Å². The van der Waals surface area contributed by atoms with Crippen LogP contribution >= 0.6 is 11.8 Å². The van der Waals surface area contributed by atoms with Gasteiger partial charge in [-0.25, -0.2) is 4.39 Å². The molecule has 0 saturated heterocycles. The lowest BCUT2D eigenvalue weighted by Gasteiger charge is -2.30. The summed E-state index contributed by atoms with van der Waals surface area (Å²) in [6.07, 6.45) is 2.94. The van der Waals surface area contributed by atoms with E-state index in [2.05, 4.69) is 22.3 Å². The number of rotatable bonds is 5. The van der Waals surface area contributed by atoms with Crippen molar-refractivity contribution in [2.45, 2.75) is 49.2 Å². The van der Waals surface area contributed by atoms with E-state index >= 15 is 0 Å². The Labute approximate surface area is 179 Å². The molecule has 154 valence electrons. The van der Waals surface area contributed by atoms with E-state index in [1.54, 1.807) is 18.2 Å². The topological polar surface area (TPSA) is 51.0 Å². The van der Waals surface area contributed by atoms with Crippen LogP contribution in [0.5, 0.6) is 0 Å². The maximum Gasteiger partial charge on any atom is 0.236 e. The summed E-state index contributed by atoms with van der Waals surface area (Å²) in [6.45, 7) is 3.30. The molecule has 1 fully saturated rings. The van der Waals surface area contributed by atoms with Crippen LogP contribution in [0.25, 0.3) is 11.4 Å². The van der Waals surface area contributed by atoms with Gasteiger partial charge in [-0.2, -0.15) is 0 Å². The van der Waals surface area contributed by atoms with Gasteiger partial charge in [-0.3, -0.25) is 9.36 Å². The van der Waals surface area contributed by atoms with Crippen molar-refractivity contribution in [1.29, 1.82) is 0 Å². The summed E-state index contributed by atoms with van der Waals surface area (Å²) in [4.78, 5) is 15.1. The number of carbonyl (C=O) groups is 1. The normalized spacial score (nSPS) is 16.9. The minimum Gasteiger partial charge on any atom is -0.337 e. The van der Waals surface area contributed by atoms with Crippen molar-refractivity contribution in [3.63, 3.8) is 0 Å². The molecule has 1 aliphatic heterocycles. The molecule has 1 saturated carbocycles. The maximum atomic E-state index is 14.4. The van der Waals surface area contributed by atoms with Crippen molar-refractivity contribution < 1.29 is 9.18 Å². The van der Waals surface area contributed by atoms with E-state index in [9.17, 15) is 9.18 Å². The Bertz CT molecular complexity index is 1090. The number of aromatic nitrogens is 3. The number of halogens is 1. The summed E-state index contributed by atoms with van der Waals surface area (Å²) in [7, 11) is 0. The van der Waals surface area contributed by atoms with Gasteiger partial charge >= 0.3 is 0 Å². The van der Waals surface area contributed by atoms with E-state index in [1.807, 2.05) is 28.5 Å². The zero-order valence-electron chi connectivity index (χ0n) is 16.8. The second-order valence-electron chi connectivity index (χ2n) is 7.93. The summed E-state index contributed by atoms with van der Waals surface area (Å²) in [6, 6.07) is 15.2. The quantitative estimate of drug-likeness (QED) is 0.569. The molecule has 1 aromatic heterocycles.